The van der Waals surface area contributed by atoms with Crippen LogP contribution in [-0.4, -0.2) is 43.8 Å². The van der Waals surface area contributed by atoms with E-state index in [1.807, 2.05) is 6.92 Å². The average molecular weight is 318 g/mol. The molecule has 21 heavy (non-hydrogen) atoms. The summed E-state index contributed by atoms with van der Waals surface area (Å²) in [5.41, 5.74) is -0.0448. The second-order valence-electron chi connectivity index (χ2n) is 4.71. The van der Waals surface area contributed by atoms with E-state index in [2.05, 4.69) is 4.72 Å². The summed E-state index contributed by atoms with van der Waals surface area (Å²) in [6.45, 7) is 4.36. The first-order valence-electron chi connectivity index (χ1n) is 6.80. The van der Waals surface area contributed by atoms with Gasteiger partial charge in [0.05, 0.1) is 6.61 Å². The van der Waals surface area contributed by atoms with E-state index in [1.54, 1.807) is 6.92 Å². The van der Waals surface area contributed by atoms with Crippen molar-refractivity contribution in [1.82, 2.24) is 9.29 Å². The van der Waals surface area contributed by atoms with Crippen LogP contribution >= 0.6 is 0 Å². The molecule has 1 unspecified atom stereocenters. The summed E-state index contributed by atoms with van der Waals surface area (Å²) in [5, 5.41) is 9.07. The van der Waals surface area contributed by atoms with Crippen molar-refractivity contribution in [3.63, 3.8) is 0 Å². The van der Waals surface area contributed by atoms with Gasteiger partial charge in [-0.1, -0.05) is 13.3 Å². The molecule has 0 aliphatic rings. The first-order chi connectivity index (χ1) is 9.85. The number of ether oxygens (including phenoxy) is 1. The second kappa shape index (κ2) is 7.58. The fourth-order valence-electron chi connectivity index (χ4n) is 2.08. The molecule has 8 heteroatoms. The number of methoxy groups -OCH3 is 1. The molecule has 0 amide bonds. The molecule has 0 saturated carbocycles. The van der Waals surface area contributed by atoms with Gasteiger partial charge in [-0.05, 0) is 19.4 Å². The number of carbonyl (C=O) groups is 1. The first kappa shape index (κ1) is 17.7. The predicted molar refractivity (Wildman–Crippen MR) is 78.0 cm³/mol. The largest absolute Gasteiger partial charge is 0.477 e. The molecule has 0 saturated heterocycles. The summed E-state index contributed by atoms with van der Waals surface area (Å²) in [7, 11) is -2.26. The summed E-state index contributed by atoms with van der Waals surface area (Å²) in [4.78, 5) is 11.0. The number of aromatic nitrogens is 1. The zero-order valence-corrected chi connectivity index (χ0v) is 13.3. The van der Waals surface area contributed by atoms with Crippen LogP contribution in [-0.2, 0) is 21.3 Å². The zero-order valence-electron chi connectivity index (χ0n) is 12.5. The summed E-state index contributed by atoms with van der Waals surface area (Å²) < 4.78 is 33.6. The van der Waals surface area contributed by atoms with E-state index in [4.69, 9.17) is 9.84 Å². The van der Waals surface area contributed by atoms with Crippen LogP contribution in [0.25, 0.3) is 0 Å². The third kappa shape index (κ3) is 4.55. The number of carboxylic acids is 1. The number of nitrogens with zero attached hydrogens (tertiary/aromatic N) is 1. The maximum absolute atomic E-state index is 12.3. The van der Waals surface area contributed by atoms with Crippen molar-refractivity contribution in [1.29, 1.82) is 0 Å². The predicted octanol–water partition coefficient (Wildman–Crippen LogP) is 1.30. The number of carboxylic acid groups (broad SMARTS) is 1. The van der Waals surface area contributed by atoms with Crippen molar-refractivity contribution in [2.24, 2.45) is 0 Å². The highest BCUT2D eigenvalue weighted by Gasteiger charge is 2.23. The Bertz CT molecular complexity index is 573. The Morgan fingerprint density at radius 2 is 2.14 bits per heavy atom. The molecule has 1 aromatic heterocycles. The number of aromatic carboxylic acids is 1. The van der Waals surface area contributed by atoms with E-state index in [0.29, 0.717) is 13.0 Å². The standard InChI is InChI=1S/C13H22N2O5S/c1-4-6-10(9-20-3)14-21(18,19)11-7-12(13(16)17)15(5-2)8-11/h7-8,10,14H,4-6,9H2,1-3H3,(H,16,17). The van der Waals surface area contributed by atoms with Crippen LogP contribution in [0.4, 0.5) is 0 Å². The van der Waals surface area contributed by atoms with Crippen molar-refractivity contribution in [2.75, 3.05) is 13.7 Å². The Kier molecular flexibility index (Phi) is 6.38. The van der Waals surface area contributed by atoms with Gasteiger partial charge >= 0.3 is 5.97 Å². The van der Waals surface area contributed by atoms with Gasteiger partial charge in [-0.15, -0.1) is 0 Å². The maximum Gasteiger partial charge on any atom is 0.352 e. The molecule has 0 bridgehead atoms. The number of nitrogens with one attached hydrogen (secondary N) is 1. The van der Waals surface area contributed by atoms with Gasteiger partial charge in [0.15, 0.2) is 0 Å². The molecule has 1 aromatic rings. The van der Waals surface area contributed by atoms with Gasteiger partial charge in [-0.2, -0.15) is 0 Å². The van der Waals surface area contributed by atoms with Crippen LogP contribution in [0.3, 0.4) is 0 Å². The highest BCUT2D eigenvalue weighted by atomic mass is 32.2. The van der Waals surface area contributed by atoms with Gasteiger partial charge < -0.3 is 14.4 Å². The lowest BCUT2D eigenvalue weighted by atomic mass is 10.2. The van der Waals surface area contributed by atoms with Crippen molar-refractivity contribution < 1.29 is 23.1 Å². The van der Waals surface area contributed by atoms with Crippen LogP contribution in [0.2, 0.25) is 0 Å². The average Bonchev–Trinajstić information content (AvgIpc) is 2.84. The Labute approximate surface area is 125 Å². The van der Waals surface area contributed by atoms with E-state index < -0.39 is 16.0 Å². The number of hydrogen-bond acceptors (Lipinski definition) is 4. The van der Waals surface area contributed by atoms with Crippen molar-refractivity contribution in [2.45, 2.75) is 44.2 Å². The lowest BCUT2D eigenvalue weighted by Gasteiger charge is -2.16. The Morgan fingerprint density at radius 3 is 2.57 bits per heavy atom. The normalized spacial score (nSPS) is 13.3. The van der Waals surface area contributed by atoms with Gasteiger partial charge in [0.1, 0.15) is 10.6 Å². The second-order valence-corrected chi connectivity index (χ2v) is 6.43. The maximum atomic E-state index is 12.3. The molecule has 1 atom stereocenters. The van der Waals surface area contributed by atoms with E-state index in [1.165, 1.54) is 23.9 Å². The van der Waals surface area contributed by atoms with Gasteiger partial charge in [0.25, 0.3) is 0 Å². The van der Waals surface area contributed by atoms with E-state index >= 15 is 0 Å². The molecular formula is C13H22N2O5S. The Morgan fingerprint density at radius 1 is 1.48 bits per heavy atom. The zero-order chi connectivity index (χ0) is 16.0. The van der Waals surface area contributed by atoms with Gasteiger partial charge in [0.2, 0.25) is 10.0 Å². The fraction of sp³-hybridized carbons (Fsp3) is 0.615. The molecular weight excluding hydrogens is 296 g/mol. The molecule has 1 heterocycles. The number of sulfonamides is 1. The highest BCUT2D eigenvalue weighted by molar-refractivity contribution is 7.89. The van der Waals surface area contributed by atoms with Gasteiger partial charge in [0, 0.05) is 25.9 Å². The lowest BCUT2D eigenvalue weighted by Crippen LogP contribution is -2.37. The number of hydrogen-bond donors (Lipinski definition) is 2. The molecule has 2 N–H and O–H groups in total. The monoisotopic (exact) mass is 318 g/mol. The molecule has 0 radical (unpaired) electrons. The van der Waals surface area contributed by atoms with Crippen LogP contribution in [0, 0.1) is 0 Å². The van der Waals surface area contributed by atoms with Gasteiger partial charge in [-0.25, -0.2) is 17.9 Å². The van der Waals surface area contributed by atoms with Gasteiger partial charge in [-0.3, -0.25) is 0 Å². The lowest BCUT2D eigenvalue weighted by molar-refractivity contribution is 0.0685. The summed E-state index contributed by atoms with van der Waals surface area (Å²) in [6, 6.07) is 0.840. The summed E-state index contributed by atoms with van der Waals surface area (Å²) in [5.74, 6) is -1.15. The van der Waals surface area contributed by atoms with Crippen LogP contribution < -0.4 is 4.72 Å². The minimum absolute atomic E-state index is 0.0426. The molecule has 0 aromatic carbocycles. The molecule has 1 rings (SSSR count). The third-order valence-corrected chi connectivity index (χ3v) is 4.56. The Hall–Kier alpha value is -1.38. The molecule has 0 aliphatic carbocycles. The van der Waals surface area contributed by atoms with Crippen molar-refractivity contribution in [3.05, 3.63) is 18.0 Å². The quantitative estimate of drug-likeness (QED) is 0.715. The van der Waals surface area contributed by atoms with Crippen molar-refractivity contribution >= 4 is 16.0 Å². The minimum atomic E-state index is -3.76. The SMILES string of the molecule is CCCC(COC)NS(=O)(=O)c1cc(C(=O)O)n(CC)c1. The van der Waals surface area contributed by atoms with Crippen LogP contribution in [0.1, 0.15) is 37.2 Å². The minimum Gasteiger partial charge on any atom is -0.477 e. The van der Waals surface area contributed by atoms with E-state index in [9.17, 15) is 13.2 Å². The fourth-order valence-corrected chi connectivity index (χ4v) is 3.38. The van der Waals surface area contributed by atoms with Crippen molar-refractivity contribution in [3.8, 4) is 0 Å². The molecule has 120 valence electrons. The van der Waals surface area contributed by atoms with Crippen LogP contribution in [0.5, 0.6) is 0 Å². The number of aryl methyl sites for hydroxylation is 1. The molecule has 0 aliphatic heterocycles. The first-order valence-corrected chi connectivity index (χ1v) is 8.28. The van der Waals surface area contributed by atoms with E-state index in [0.717, 1.165) is 6.42 Å². The third-order valence-electron chi connectivity index (χ3n) is 3.07. The topological polar surface area (TPSA) is 97.6 Å². The summed E-state index contributed by atoms with van der Waals surface area (Å²) >= 11 is 0. The summed E-state index contributed by atoms with van der Waals surface area (Å²) in [6.07, 6.45) is 2.79. The van der Waals surface area contributed by atoms with E-state index in [-0.39, 0.29) is 23.2 Å². The Balaban J connectivity index is 3.04. The molecule has 0 fully saturated rings. The highest BCUT2D eigenvalue weighted by Crippen LogP contribution is 2.16. The molecule has 7 nitrogen and oxygen atoms in total. The van der Waals surface area contributed by atoms with Crippen LogP contribution in [0.15, 0.2) is 17.2 Å². The number of rotatable bonds is 9. The molecule has 0 spiro atoms. The smallest absolute Gasteiger partial charge is 0.352 e.